The largest absolute Gasteiger partial charge is 0.481 e. The number of carboxylic acid groups (broad SMARTS) is 1. The molecule has 1 fully saturated rings. The standard InChI is InChI=1S/C15H24N6O7S/c1-5-6-10-8-21(9-15(10,12(23)24)19-20-16)29(26,27)18-11(22)7-17-13(25)28-14(2,3)4/h5,10H,1,6-9H2,2-4H3,(H,17,25)(H,18,22)(H,23,24). The van der Waals surface area contributed by atoms with E-state index < -0.39 is 58.3 Å². The van der Waals surface area contributed by atoms with Gasteiger partial charge in [0.15, 0.2) is 5.54 Å². The zero-order valence-corrected chi connectivity index (χ0v) is 17.1. The third kappa shape index (κ3) is 6.34. The van der Waals surface area contributed by atoms with Crippen LogP contribution in [0.4, 0.5) is 4.79 Å². The average Bonchev–Trinajstić information content (AvgIpc) is 2.93. The molecular formula is C15H24N6O7S. The average molecular weight is 432 g/mol. The SMILES string of the molecule is C=CCC1CN(S(=O)(=O)NC(=O)CNC(=O)OC(C)(C)C)CC1(N=[N+]=[N-])C(=O)O. The lowest BCUT2D eigenvalue weighted by Crippen LogP contribution is -2.49. The molecule has 1 aliphatic heterocycles. The first-order valence-electron chi connectivity index (χ1n) is 8.45. The fourth-order valence-electron chi connectivity index (χ4n) is 2.70. The van der Waals surface area contributed by atoms with Gasteiger partial charge < -0.3 is 15.2 Å². The summed E-state index contributed by atoms with van der Waals surface area (Å²) in [5, 5.41) is 15.0. The van der Waals surface area contributed by atoms with Crippen LogP contribution in [0.5, 0.6) is 0 Å². The van der Waals surface area contributed by atoms with Crippen molar-refractivity contribution in [2.75, 3.05) is 19.6 Å². The van der Waals surface area contributed by atoms with Gasteiger partial charge in [0.05, 0.1) is 0 Å². The van der Waals surface area contributed by atoms with Gasteiger partial charge in [-0.2, -0.15) is 12.7 Å². The van der Waals surface area contributed by atoms with Crippen LogP contribution >= 0.6 is 0 Å². The number of nitrogens with zero attached hydrogens (tertiary/aromatic N) is 4. The molecule has 0 aromatic heterocycles. The highest BCUT2D eigenvalue weighted by molar-refractivity contribution is 7.87. The summed E-state index contributed by atoms with van der Waals surface area (Å²) in [6, 6.07) is 0. The molecule has 2 unspecified atom stereocenters. The lowest BCUT2D eigenvalue weighted by atomic mass is 9.85. The van der Waals surface area contributed by atoms with Gasteiger partial charge in [-0.15, -0.1) is 6.58 Å². The molecule has 0 spiro atoms. The van der Waals surface area contributed by atoms with Crippen LogP contribution in [0.2, 0.25) is 0 Å². The number of azide groups is 1. The summed E-state index contributed by atoms with van der Waals surface area (Å²) in [6.07, 6.45) is 0.547. The number of nitrogens with one attached hydrogen (secondary N) is 2. The fraction of sp³-hybridized carbons (Fsp3) is 0.667. The molecule has 0 aliphatic carbocycles. The first kappa shape index (κ1) is 24.2. The van der Waals surface area contributed by atoms with Crippen molar-refractivity contribution in [3.8, 4) is 0 Å². The van der Waals surface area contributed by atoms with E-state index >= 15 is 0 Å². The molecular weight excluding hydrogens is 408 g/mol. The molecule has 1 rings (SSSR count). The van der Waals surface area contributed by atoms with Crippen molar-refractivity contribution in [3.05, 3.63) is 23.1 Å². The summed E-state index contributed by atoms with van der Waals surface area (Å²) in [4.78, 5) is 37.7. The van der Waals surface area contributed by atoms with E-state index in [-0.39, 0.29) is 13.0 Å². The number of alkyl carbamates (subject to hydrolysis) is 1. The van der Waals surface area contributed by atoms with E-state index in [1.807, 2.05) is 0 Å². The van der Waals surface area contributed by atoms with E-state index in [1.54, 1.807) is 25.5 Å². The number of allylic oxidation sites excluding steroid dienone is 1. The van der Waals surface area contributed by atoms with Crippen LogP contribution in [0.1, 0.15) is 27.2 Å². The maximum atomic E-state index is 12.5. The number of rotatable bonds is 8. The zero-order chi connectivity index (χ0) is 22.5. The maximum absolute atomic E-state index is 12.5. The zero-order valence-electron chi connectivity index (χ0n) is 16.3. The summed E-state index contributed by atoms with van der Waals surface area (Å²) in [5.74, 6) is -3.43. The molecule has 0 saturated carbocycles. The Morgan fingerprint density at radius 1 is 1.45 bits per heavy atom. The predicted molar refractivity (Wildman–Crippen MR) is 101 cm³/mol. The minimum atomic E-state index is -4.46. The van der Waals surface area contributed by atoms with Crippen molar-refractivity contribution >= 4 is 28.2 Å². The third-order valence-corrected chi connectivity index (χ3v) is 5.38. The van der Waals surface area contributed by atoms with Gasteiger partial charge in [0.2, 0.25) is 0 Å². The number of ether oxygens (including phenoxy) is 1. The van der Waals surface area contributed by atoms with Crippen molar-refractivity contribution in [3.63, 3.8) is 0 Å². The van der Waals surface area contributed by atoms with Gasteiger partial charge in [-0.3, -0.25) is 9.59 Å². The molecule has 29 heavy (non-hydrogen) atoms. The highest BCUT2D eigenvalue weighted by Crippen LogP contribution is 2.36. The molecule has 14 heteroatoms. The number of carbonyl (C=O) groups is 3. The molecule has 2 amide bonds. The lowest BCUT2D eigenvalue weighted by Gasteiger charge is -2.23. The molecule has 1 heterocycles. The molecule has 0 aromatic rings. The Hall–Kier alpha value is -2.83. The Morgan fingerprint density at radius 3 is 2.55 bits per heavy atom. The van der Waals surface area contributed by atoms with Gasteiger partial charge in [-0.05, 0) is 38.6 Å². The van der Waals surface area contributed by atoms with Crippen LogP contribution in [-0.2, 0) is 24.5 Å². The van der Waals surface area contributed by atoms with Crippen molar-refractivity contribution in [2.45, 2.75) is 38.3 Å². The summed E-state index contributed by atoms with van der Waals surface area (Å²) >= 11 is 0. The van der Waals surface area contributed by atoms with Gasteiger partial charge in [0, 0.05) is 18.0 Å². The molecule has 3 N–H and O–H groups in total. The van der Waals surface area contributed by atoms with E-state index in [4.69, 9.17) is 10.3 Å². The second-order valence-electron chi connectivity index (χ2n) is 7.32. The number of carboxylic acids is 1. The van der Waals surface area contributed by atoms with Crippen LogP contribution < -0.4 is 10.0 Å². The Balaban J connectivity index is 2.88. The third-order valence-electron chi connectivity index (χ3n) is 3.94. The lowest BCUT2D eigenvalue weighted by molar-refractivity contribution is -0.144. The normalized spacial score (nSPS) is 22.2. The van der Waals surface area contributed by atoms with E-state index in [2.05, 4.69) is 21.9 Å². The fourth-order valence-corrected chi connectivity index (χ4v) is 3.93. The van der Waals surface area contributed by atoms with Gasteiger partial charge in [0.1, 0.15) is 12.1 Å². The van der Waals surface area contributed by atoms with E-state index in [9.17, 15) is 27.9 Å². The van der Waals surface area contributed by atoms with Crippen molar-refractivity contribution < 1.29 is 32.6 Å². The van der Waals surface area contributed by atoms with Crippen LogP contribution in [0.15, 0.2) is 17.8 Å². The molecule has 1 saturated heterocycles. The van der Waals surface area contributed by atoms with Gasteiger partial charge >= 0.3 is 22.3 Å². The Bertz CT molecular complexity index is 827. The smallest absolute Gasteiger partial charge is 0.408 e. The molecule has 0 bridgehead atoms. The Morgan fingerprint density at radius 2 is 2.07 bits per heavy atom. The van der Waals surface area contributed by atoms with Crippen LogP contribution in [-0.4, -0.2) is 66.6 Å². The molecule has 0 radical (unpaired) electrons. The summed E-state index contributed by atoms with van der Waals surface area (Å²) in [5.41, 5.74) is 5.91. The molecule has 13 nitrogen and oxygen atoms in total. The maximum Gasteiger partial charge on any atom is 0.408 e. The second kappa shape index (κ2) is 9.11. The quantitative estimate of drug-likeness (QED) is 0.215. The van der Waals surface area contributed by atoms with E-state index in [0.717, 1.165) is 0 Å². The number of amides is 2. The molecule has 2 atom stereocenters. The highest BCUT2D eigenvalue weighted by atomic mass is 32.2. The van der Waals surface area contributed by atoms with Crippen molar-refractivity contribution in [1.29, 1.82) is 0 Å². The minimum Gasteiger partial charge on any atom is -0.481 e. The van der Waals surface area contributed by atoms with Crippen LogP contribution in [0.3, 0.4) is 0 Å². The van der Waals surface area contributed by atoms with Gasteiger partial charge in [0.25, 0.3) is 5.91 Å². The molecule has 0 aromatic carbocycles. The molecule has 1 aliphatic rings. The Labute approximate surface area is 167 Å². The Kier molecular flexibility index (Phi) is 7.61. The first-order valence-corrected chi connectivity index (χ1v) is 9.89. The predicted octanol–water partition coefficient (Wildman–Crippen LogP) is 0.514. The van der Waals surface area contributed by atoms with Crippen molar-refractivity contribution in [1.82, 2.24) is 14.3 Å². The number of hydrogen-bond donors (Lipinski definition) is 3. The van der Waals surface area contributed by atoms with E-state index in [1.165, 1.54) is 6.08 Å². The first-order chi connectivity index (χ1) is 13.3. The van der Waals surface area contributed by atoms with Crippen LogP contribution in [0.25, 0.3) is 10.4 Å². The number of carbonyl (C=O) groups excluding carboxylic acids is 2. The van der Waals surface area contributed by atoms with E-state index in [0.29, 0.717) is 4.31 Å². The topological polar surface area (TPSA) is 191 Å². The van der Waals surface area contributed by atoms with Gasteiger partial charge in [-0.25, -0.2) is 9.52 Å². The van der Waals surface area contributed by atoms with Crippen LogP contribution in [0, 0.1) is 5.92 Å². The monoisotopic (exact) mass is 432 g/mol. The summed E-state index contributed by atoms with van der Waals surface area (Å²) in [6.45, 7) is 6.69. The minimum absolute atomic E-state index is 0.0749. The second-order valence-corrected chi connectivity index (χ2v) is 8.99. The molecule has 162 valence electrons. The summed E-state index contributed by atoms with van der Waals surface area (Å²) in [7, 11) is -4.46. The van der Waals surface area contributed by atoms with Gasteiger partial charge in [-0.1, -0.05) is 11.2 Å². The number of hydrogen-bond acceptors (Lipinski definition) is 7. The number of aliphatic carboxylic acids is 1. The highest BCUT2D eigenvalue weighted by Gasteiger charge is 2.54. The summed E-state index contributed by atoms with van der Waals surface area (Å²) < 4.78 is 32.3. The van der Waals surface area contributed by atoms with Crippen molar-refractivity contribution in [2.24, 2.45) is 11.0 Å².